The first-order chi connectivity index (χ1) is 12.1. The number of rotatable bonds is 4. The molecule has 9 nitrogen and oxygen atoms in total. The van der Waals surface area contributed by atoms with Gasteiger partial charge in [0.2, 0.25) is 0 Å². The summed E-state index contributed by atoms with van der Waals surface area (Å²) in [7, 11) is -4.89. The van der Waals surface area contributed by atoms with Gasteiger partial charge in [0.15, 0.2) is 10.3 Å². The number of carbonyl (C=O) groups excluding carboxylic acids is 2. The third-order valence-electron chi connectivity index (χ3n) is 3.76. The van der Waals surface area contributed by atoms with E-state index in [1.54, 1.807) is 18.2 Å². The fourth-order valence-electron chi connectivity index (χ4n) is 2.47. The molecule has 1 aromatic heterocycles. The molecule has 2 aromatic rings. The number of β-lactam (4-membered cyclic amide) rings is 1. The van der Waals surface area contributed by atoms with Crippen molar-refractivity contribution in [1.29, 1.82) is 0 Å². The number of amides is 2. The molecule has 13 heteroatoms. The van der Waals surface area contributed by atoms with E-state index in [0.29, 0.717) is 0 Å². The first-order valence-electron chi connectivity index (χ1n) is 7.10. The molecule has 0 bridgehead atoms. The minimum Gasteiger partial charge on any atom is -0.731 e. The van der Waals surface area contributed by atoms with Gasteiger partial charge in [-0.25, -0.2) is 12.7 Å². The molecule has 138 valence electrons. The Bertz CT molecular complexity index is 1010. The SMILES string of the molecule is Cc1onc(-c2c(Cl)cccc2Cl)c1C(=O)NC1CN(S(=O)(=O)[O-])C1=O.[Na+]. The van der Waals surface area contributed by atoms with Crippen LogP contribution in [0.2, 0.25) is 10.0 Å². The predicted molar refractivity (Wildman–Crippen MR) is 89.4 cm³/mol. The topological polar surface area (TPSA) is 133 Å². The van der Waals surface area contributed by atoms with E-state index in [-0.39, 0.29) is 66.5 Å². The molecule has 1 aromatic carbocycles. The molecule has 3 rings (SSSR count). The molecule has 0 radical (unpaired) electrons. The maximum absolute atomic E-state index is 12.6. The number of carbonyl (C=O) groups is 2. The summed E-state index contributed by atoms with van der Waals surface area (Å²) < 4.78 is 37.7. The smallest absolute Gasteiger partial charge is 0.731 e. The maximum Gasteiger partial charge on any atom is 1.00 e. The van der Waals surface area contributed by atoms with Crippen molar-refractivity contribution in [2.45, 2.75) is 13.0 Å². The number of hydrogen-bond acceptors (Lipinski definition) is 7. The van der Waals surface area contributed by atoms with Crippen molar-refractivity contribution in [3.63, 3.8) is 0 Å². The van der Waals surface area contributed by atoms with E-state index in [1.165, 1.54) is 6.92 Å². The Morgan fingerprint density at radius 2 is 1.96 bits per heavy atom. The summed E-state index contributed by atoms with van der Waals surface area (Å²) in [5.41, 5.74) is 0.355. The first-order valence-corrected chi connectivity index (χ1v) is 9.22. The van der Waals surface area contributed by atoms with Crippen LogP contribution in [0.15, 0.2) is 22.7 Å². The van der Waals surface area contributed by atoms with Gasteiger partial charge in [0, 0.05) is 5.56 Å². The van der Waals surface area contributed by atoms with Gasteiger partial charge in [-0.3, -0.25) is 9.59 Å². The molecule has 1 atom stereocenters. The molecule has 0 spiro atoms. The Morgan fingerprint density at radius 1 is 1.37 bits per heavy atom. The second-order valence-corrected chi connectivity index (χ2v) is 7.52. The summed E-state index contributed by atoms with van der Waals surface area (Å²) in [5.74, 6) is -1.61. The third kappa shape index (κ3) is 4.16. The van der Waals surface area contributed by atoms with Crippen molar-refractivity contribution in [3.8, 4) is 11.3 Å². The van der Waals surface area contributed by atoms with Crippen LogP contribution in [0, 0.1) is 6.92 Å². The summed E-state index contributed by atoms with van der Waals surface area (Å²) in [6.07, 6.45) is 0. The maximum atomic E-state index is 12.6. The fraction of sp³-hybridized carbons (Fsp3) is 0.214. The van der Waals surface area contributed by atoms with E-state index in [0.717, 1.165) is 0 Å². The second-order valence-electron chi connectivity index (χ2n) is 5.41. The van der Waals surface area contributed by atoms with Crippen LogP contribution in [0.3, 0.4) is 0 Å². The summed E-state index contributed by atoms with van der Waals surface area (Å²) in [6, 6.07) is 3.59. The van der Waals surface area contributed by atoms with E-state index < -0.39 is 34.7 Å². The monoisotopic (exact) mass is 441 g/mol. The van der Waals surface area contributed by atoms with Crippen molar-refractivity contribution in [2.75, 3.05) is 6.54 Å². The summed E-state index contributed by atoms with van der Waals surface area (Å²) >= 11 is 12.3. The average molecular weight is 442 g/mol. The molecule has 1 unspecified atom stereocenters. The van der Waals surface area contributed by atoms with E-state index in [4.69, 9.17) is 27.7 Å². The number of nitrogens with one attached hydrogen (secondary N) is 1. The second kappa shape index (κ2) is 8.08. The molecular weight excluding hydrogens is 432 g/mol. The van der Waals surface area contributed by atoms with Crippen LogP contribution in [-0.4, -0.2) is 46.8 Å². The fourth-order valence-corrected chi connectivity index (χ4v) is 3.72. The van der Waals surface area contributed by atoms with Gasteiger partial charge in [-0.05, 0) is 19.1 Å². The van der Waals surface area contributed by atoms with Gasteiger partial charge in [-0.1, -0.05) is 34.4 Å². The molecule has 27 heavy (non-hydrogen) atoms. The molecule has 1 aliphatic rings. The quantitative estimate of drug-likeness (QED) is 0.341. The number of aryl methyl sites for hydroxylation is 1. The van der Waals surface area contributed by atoms with Crippen LogP contribution >= 0.6 is 23.2 Å². The van der Waals surface area contributed by atoms with E-state index >= 15 is 0 Å². The molecule has 2 amide bonds. The van der Waals surface area contributed by atoms with Gasteiger partial charge in [-0.2, -0.15) is 0 Å². The van der Waals surface area contributed by atoms with Crippen LogP contribution in [-0.2, 0) is 15.1 Å². The molecule has 1 fully saturated rings. The number of benzene rings is 1. The molecule has 1 saturated heterocycles. The molecule has 1 N–H and O–H groups in total. The molecule has 0 saturated carbocycles. The van der Waals surface area contributed by atoms with Crippen molar-refractivity contribution < 1.29 is 56.6 Å². The Hall–Kier alpha value is -1.14. The van der Waals surface area contributed by atoms with Crippen molar-refractivity contribution in [1.82, 2.24) is 14.8 Å². The largest absolute Gasteiger partial charge is 1.00 e. The Labute approximate surface area is 186 Å². The van der Waals surface area contributed by atoms with Gasteiger partial charge < -0.3 is 14.4 Å². The Balaban J connectivity index is 0.00000261. The van der Waals surface area contributed by atoms with Gasteiger partial charge >= 0.3 is 29.6 Å². The normalized spacial score (nSPS) is 16.5. The summed E-state index contributed by atoms with van der Waals surface area (Å²) in [5, 5.41) is 6.63. The number of aromatic nitrogens is 1. The standard InChI is InChI=1S/C14H11Cl2N3O6S.Na/c1-6-10(12(18-25-6)11-7(15)3-2-4-8(11)16)13(20)17-9-5-19(14(9)21)26(22,23)24;/h2-4,9H,5H2,1H3,(H,17,20)(H,22,23,24);/q;+1/p-1. The summed E-state index contributed by atoms with van der Waals surface area (Å²) in [4.78, 5) is 24.3. The predicted octanol–water partition coefficient (Wildman–Crippen LogP) is -1.64. The molecular formula is C14H10Cl2N3NaO6S. The van der Waals surface area contributed by atoms with Gasteiger partial charge in [0.05, 0.1) is 16.6 Å². The van der Waals surface area contributed by atoms with Crippen LogP contribution in [0.1, 0.15) is 16.1 Å². The Morgan fingerprint density at radius 3 is 2.48 bits per heavy atom. The zero-order valence-electron chi connectivity index (χ0n) is 14.0. The zero-order chi connectivity index (χ0) is 19.2. The average Bonchev–Trinajstić information content (AvgIpc) is 2.90. The van der Waals surface area contributed by atoms with Crippen LogP contribution in [0.5, 0.6) is 0 Å². The minimum atomic E-state index is -4.89. The zero-order valence-corrected chi connectivity index (χ0v) is 18.4. The van der Waals surface area contributed by atoms with E-state index in [9.17, 15) is 22.6 Å². The van der Waals surface area contributed by atoms with E-state index in [2.05, 4.69) is 10.5 Å². The molecule has 1 aliphatic heterocycles. The first kappa shape index (κ1) is 22.2. The van der Waals surface area contributed by atoms with Gasteiger partial charge in [0.1, 0.15) is 23.1 Å². The third-order valence-corrected chi connectivity index (χ3v) is 5.26. The minimum absolute atomic E-state index is 0. The number of halogens is 2. The van der Waals surface area contributed by atoms with Crippen molar-refractivity contribution >= 4 is 45.3 Å². The van der Waals surface area contributed by atoms with Gasteiger partial charge in [0.25, 0.3) is 11.8 Å². The van der Waals surface area contributed by atoms with Gasteiger partial charge in [-0.15, -0.1) is 0 Å². The van der Waals surface area contributed by atoms with Crippen molar-refractivity contribution in [2.24, 2.45) is 0 Å². The van der Waals surface area contributed by atoms with Crippen LogP contribution in [0.4, 0.5) is 0 Å². The number of hydrogen-bond donors (Lipinski definition) is 1. The Kier molecular flexibility index (Phi) is 6.63. The van der Waals surface area contributed by atoms with E-state index in [1.807, 2.05) is 0 Å². The van der Waals surface area contributed by atoms with Crippen LogP contribution < -0.4 is 34.9 Å². The van der Waals surface area contributed by atoms with Crippen LogP contribution in [0.25, 0.3) is 11.3 Å². The molecule has 0 aliphatic carbocycles. The van der Waals surface area contributed by atoms with Crippen molar-refractivity contribution in [3.05, 3.63) is 39.6 Å². The summed E-state index contributed by atoms with van der Waals surface area (Å²) in [6.45, 7) is 1.04. The number of nitrogens with zero attached hydrogens (tertiary/aromatic N) is 2. The molecule has 2 heterocycles.